The first-order chi connectivity index (χ1) is 19.1. The van der Waals surface area contributed by atoms with E-state index in [1.54, 1.807) is 11.8 Å². The Morgan fingerprint density at radius 2 is 1.90 bits per heavy atom. The lowest BCUT2D eigenvalue weighted by Gasteiger charge is -2.19. The van der Waals surface area contributed by atoms with Crippen molar-refractivity contribution in [1.82, 2.24) is 10.9 Å². The number of hydrogen-bond donors (Lipinski definition) is 3. The van der Waals surface area contributed by atoms with Crippen LogP contribution in [0.2, 0.25) is 0 Å². The van der Waals surface area contributed by atoms with E-state index in [2.05, 4.69) is 67.5 Å². The van der Waals surface area contributed by atoms with Crippen LogP contribution in [0.3, 0.4) is 0 Å². The van der Waals surface area contributed by atoms with Crippen molar-refractivity contribution in [3.05, 3.63) is 83.1 Å². The lowest BCUT2D eigenvalue weighted by molar-refractivity contribution is -0.274. The van der Waals surface area contributed by atoms with Crippen molar-refractivity contribution in [2.24, 2.45) is 26.6 Å². The van der Waals surface area contributed by atoms with E-state index in [0.29, 0.717) is 23.7 Å². The Balaban J connectivity index is 1.55. The molecule has 3 rings (SSSR count). The predicted molar refractivity (Wildman–Crippen MR) is 162 cm³/mol. The summed E-state index contributed by atoms with van der Waals surface area (Å²) in [6.07, 6.45) is 2.86. The lowest BCUT2D eigenvalue weighted by Crippen LogP contribution is -2.35. The Bertz CT molecular complexity index is 1260. The molecule has 1 aliphatic rings. The van der Waals surface area contributed by atoms with Crippen molar-refractivity contribution < 1.29 is 17.9 Å². The molecule has 0 aromatic heterocycles. The van der Waals surface area contributed by atoms with Crippen LogP contribution in [0.1, 0.15) is 37.8 Å². The highest BCUT2D eigenvalue weighted by Gasteiger charge is 2.30. The topological polar surface area (TPSA) is 96.4 Å². The molecule has 4 N–H and O–H groups in total. The number of hydrazine groups is 1. The molecule has 0 saturated carbocycles. The molecule has 0 radical (unpaired) electrons. The summed E-state index contributed by atoms with van der Waals surface area (Å²) in [5.41, 5.74) is 17.0. The maximum absolute atomic E-state index is 12.3. The summed E-state index contributed by atoms with van der Waals surface area (Å²) in [7, 11) is 0. The van der Waals surface area contributed by atoms with E-state index in [-0.39, 0.29) is 11.6 Å². The second kappa shape index (κ2) is 15.6. The van der Waals surface area contributed by atoms with Crippen molar-refractivity contribution in [2.75, 3.05) is 11.1 Å². The van der Waals surface area contributed by atoms with Crippen molar-refractivity contribution in [3.8, 4) is 5.75 Å². The van der Waals surface area contributed by atoms with E-state index in [0.717, 1.165) is 40.4 Å². The van der Waals surface area contributed by atoms with E-state index in [1.165, 1.54) is 36.2 Å². The van der Waals surface area contributed by atoms with Crippen LogP contribution in [-0.4, -0.2) is 34.8 Å². The van der Waals surface area contributed by atoms with Crippen LogP contribution >= 0.6 is 27.7 Å². The van der Waals surface area contributed by atoms with Gasteiger partial charge in [0.25, 0.3) is 0 Å². The van der Waals surface area contributed by atoms with E-state index in [4.69, 9.17) is 10.7 Å². The number of thioether (sulfide) groups is 1. The van der Waals surface area contributed by atoms with E-state index < -0.39 is 6.36 Å². The van der Waals surface area contributed by atoms with Gasteiger partial charge in [0.15, 0.2) is 5.17 Å². The highest BCUT2D eigenvalue weighted by atomic mass is 79.9. The Hall–Kier alpha value is -3.09. The van der Waals surface area contributed by atoms with Crippen LogP contribution in [0, 0.1) is 5.92 Å². The average Bonchev–Trinajstić information content (AvgIpc) is 2.91. The van der Waals surface area contributed by atoms with Gasteiger partial charge >= 0.3 is 6.36 Å². The van der Waals surface area contributed by atoms with Crippen LogP contribution in [0.4, 0.5) is 18.9 Å². The minimum absolute atomic E-state index is 0.260. The first kappa shape index (κ1) is 31.4. The van der Waals surface area contributed by atoms with Crippen molar-refractivity contribution in [3.63, 3.8) is 0 Å². The van der Waals surface area contributed by atoms with Crippen molar-refractivity contribution in [2.45, 2.75) is 39.6 Å². The first-order valence-electron chi connectivity index (χ1n) is 12.6. The van der Waals surface area contributed by atoms with Gasteiger partial charge in [-0.3, -0.25) is 5.43 Å². The first-order valence-corrected chi connectivity index (χ1v) is 14.7. The molecule has 0 amide bonds. The molecule has 40 heavy (non-hydrogen) atoms. The fourth-order valence-corrected chi connectivity index (χ4v) is 5.08. The third-order valence-corrected chi connectivity index (χ3v) is 7.20. The monoisotopic (exact) mass is 636 g/mol. The zero-order chi connectivity index (χ0) is 29.0. The summed E-state index contributed by atoms with van der Waals surface area (Å²) in [6.45, 7) is 4.85. The molecule has 0 saturated heterocycles. The summed E-state index contributed by atoms with van der Waals surface area (Å²) in [4.78, 5) is 13.1. The van der Waals surface area contributed by atoms with E-state index in [1.807, 2.05) is 24.3 Å². The molecule has 1 unspecified atom stereocenters. The maximum Gasteiger partial charge on any atom is 0.573 e. The standard InChI is InChI=1S/C28H32BrF3N6OS/c1-19-5-3-6-20(2)25(19)37-27(40-16-4-15-29)38-36-17-21-7-9-22(10-8-21)26(33)35-18-34-23-11-13-24(14-12-23)39-28(30,31)32/h3,5,7-14,18,20,36H,4,6,15-17H2,1-2H3,(H,37,38)(H2,33,34,35). The van der Waals surface area contributed by atoms with Gasteiger partial charge in [0.1, 0.15) is 17.9 Å². The summed E-state index contributed by atoms with van der Waals surface area (Å²) in [5, 5.41) is 1.78. The number of alkyl halides is 4. The van der Waals surface area contributed by atoms with Crippen LogP contribution in [0.15, 0.2) is 86.9 Å². The van der Waals surface area contributed by atoms with Gasteiger partial charge < -0.3 is 10.5 Å². The van der Waals surface area contributed by atoms with Gasteiger partial charge in [-0.25, -0.2) is 20.4 Å². The molecule has 12 heteroatoms. The summed E-state index contributed by atoms with van der Waals surface area (Å²) < 4.78 is 40.6. The molecule has 2 aromatic carbocycles. The van der Waals surface area contributed by atoms with Crippen LogP contribution < -0.4 is 21.3 Å². The molecule has 0 spiro atoms. The van der Waals surface area contributed by atoms with E-state index >= 15 is 0 Å². The van der Waals surface area contributed by atoms with Crippen LogP contribution in [0.25, 0.3) is 0 Å². The number of halogens is 4. The molecule has 0 bridgehead atoms. The van der Waals surface area contributed by atoms with Gasteiger partial charge in [-0.05, 0) is 55.2 Å². The smallest absolute Gasteiger partial charge is 0.406 e. The fraction of sp³-hybridized carbons (Fsp3) is 0.321. The van der Waals surface area contributed by atoms with Gasteiger partial charge in [0.2, 0.25) is 0 Å². The summed E-state index contributed by atoms with van der Waals surface area (Å²) in [6, 6.07) is 12.7. The molecule has 1 aliphatic carbocycles. The number of amidine groups is 2. The summed E-state index contributed by atoms with van der Waals surface area (Å²) in [5.74, 6) is 1.26. The van der Waals surface area contributed by atoms with Gasteiger partial charge in [-0.1, -0.05) is 71.0 Å². The Morgan fingerprint density at radius 3 is 2.55 bits per heavy atom. The lowest BCUT2D eigenvalue weighted by atomic mass is 9.95. The third-order valence-electron chi connectivity index (χ3n) is 5.68. The number of nitrogens with zero attached hydrogens (tertiary/aromatic N) is 3. The van der Waals surface area contributed by atoms with Crippen LogP contribution in [0.5, 0.6) is 5.75 Å². The molecule has 2 aromatic rings. The zero-order valence-corrected chi connectivity index (χ0v) is 24.6. The molecule has 0 fully saturated rings. The molecule has 214 valence electrons. The summed E-state index contributed by atoms with van der Waals surface area (Å²) >= 11 is 5.17. The van der Waals surface area contributed by atoms with Crippen LogP contribution in [-0.2, 0) is 6.54 Å². The highest BCUT2D eigenvalue weighted by Crippen LogP contribution is 2.27. The minimum atomic E-state index is -4.74. The van der Waals surface area contributed by atoms with E-state index in [9.17, 15) is 13.2 Å². The highest BCUT2D eigenvalue weighted by molar-refractivity contribution is 9.09. The number of rotatable bonds is 11. The number of ether oxygens (including phenoxy) is 1. The quantitative estimate of drug-likeness (QED) is 0.0812. The molecular weight excluding hydrogens is 605 g/mol. The Labute approximate surface area is 245 Å². The number of nitrogens with two attached hydrogens (primary N) is 1. The maximum atomic E-state index is 12.3. The number of hydrogen-bond acceptors (Lipinski definition) is 5. The van der Waals surface area contributed by atoms with Crippen molar-refractivity contribution in [1.29, 1.82) is 0 Å². The minimum Gasteiger partial charge on any atom is -0.406 e. The number of nitrogens with one attached hydrogen (secondary N) is 2. The van der Waals surface area contributed by atoms with Gasteiger partial charge in [0, 0.05) is 34.8 Å². The molecule has 0 aliphatic heterocycles. The Kier molecular flexibility index (Phi) is 12.3. The molecule has 1 atom stereocenters. The largest absolute Gasteiger partial charge is 0.573 e. The second-order valence-corrected chi connectivity index (χ2v) is 10.8. The van der Waals surface area contributed by atoms with Gasteiger partial charge in [0.05, 0.1) is 5.69 Å². The average molecular weight is 638 g/mol. The van der Waals surface area contributed by atoms with Crippen molar-refractivity contribution >= 4 is 50.7 Å². The number of benzene rings is 2. The number of allylic oxidation sites excluding steroid dienone is 4. The second-order valence-electron chi connectivity index (χ2n) is 8.89. The SMILES string of the molecule is CC1=C(N=C(NNCc2ccc(C(N)=NC=Nc3ccc(OC(F)(F)F)cc3)cc2)SCCCBr)C(C)CC=C1. The zero-order valence-electron chi connectivity index (χ0n) is 22.2. The predicted octanol–water partition coefficient (Wildman–Crippen LogP) is 6.99. The Morgan fingerprint density at radius 1 is 1.18 bits per heavy atom. The molecule has 7 nitrogen and oxygen atoms in total. The molecular formula is C28H32BrF3N6OS. The normalized spacial score (nSPS) is 16.6. The van der Waals surface area contributed by atoms with Gasteiger partial charge in [-0.15, -0.1) is 13.2 Å². The van der Waals surface area contributed by atoms with Gasteiger partial charge in [-0.2, -0.15) is 0 Å². The number of aliphatic imine (C=N–C) groups is 3. The molecule has 0 heterocycles. The third kappa shape index (κ3) is 10.8. The fourth-order valence-electron chi connectivity index (χ4n) is 3.64.